The van der Waals surface area contributed by atoms with E-state index >= 15 is 0 Å². The monoisotopic (exact) mass is 355 g/mol. The molecule has 0 aromatic heterocycles. The van der Waals surface area contributed by atoms with Crippen molar-refractivity contribution in [2.75, 3.05) is 6.61 Å². The summed E-state index contributed by atoms with van der Waals surface area (Å²) in [5, 5.41) is 0.0655. The van der Waals surface area contributed by atoms with E-state index in [0.29, 0.717) is 6.61 Å². The zero-order valence-corrected chi connectivity index (χ0v) is 17.4. The van der Waals surface area contributed by atoms with Crippen molar-refractivity contribution in [3.63, 3.8) is 0 Å². The van der Waals surface area contributed by atoms with Crippen molar-refractivity contribution in [2.24, 2.45) is 5.92 Å². The van der Waals surface area contributed by atoms with Gasteiger partial charge in [-0.3, -0.25) is 4.79 Å². The Morgan fingerprint density at radius 3 is 2.25 bits per heavy atom. The van der Waals surface area contributed by atoms with Crippen molar-refractivity contribution in [3.05, 3.63) is 12.7 Å². The first-order valence-electron chi connectivity index (χ1n) is 8.51. The number of amides is 2. The van der Waals surface area contributed by atoms with Crippen LogP contribution in [0.15, 0.2) is 12.7 Å². The maximum Gasteiger partial charge on any atom is 0.417 e. The molecule has 0 aromatic carbocycles. The molecule has 2 amide bonds. The molecule has 1 fully saturated rings. The predicted octanol–water partition coefficient (Wildman–Crippen LogP) is 4.35. The lowest BCUT2D eigenvalue weighted by Gasteiger charge is -2.38. The van der Waals surface area contributed by atoms with Crippen molar-refractivity contribution >= 4 is 20.3 Å². The van der Waals surface area contributed by atoms with Crippen LogP contribution in [0.3, 0.4) is 0 Å². The predicted molar refractivity (Wildman–Crippen MR) is 98.3 cm³/mol. The van der Waals surface area contributed by atoms with Crippen molar-refractivity contribution in [1.82, 2.24) is 4.90 Å². The third-order valence-corrected chi connectivity index (χ3v) is 9.32. The number of imide groups is 1. The molecular formula is C18H33NO4Si. The van der Waals surface area contributed by atoms with E-state index in [9.17, 15) is 9.59 Å². The van der Waals surface area contributed by atoms with Gasteiger partial charge in [0.25, 0.3) is 0 Å². The first kappa shape index (κ1) is 20.9. The third-order valence-electron chi connectivity index (χ3n) is 4.82. The van der Waals surface area contributed by atoms with Crippen LogP contribution >= 0.6 is 0 Å². The van der Waals surface area contributed by atoms with Gasteiger partial charge >= 0.3 is 6.09 Å². The number of nitrogens with zero attached hydrogens (tertiary/aromatic N) is 1. The number of rotatable bonds is 4. The van der Waals surface area contributed by atoms with Gasteiger partial charge in [-0.05, 0) is 38.9 Å². The third kappa shape index (κ3) is 4.93. The Labute approximate surface area is 147 Å². The average Bonchev–Trinajstić information content (AvgIpc) is 2.69. The molecule has 1 saturated heterocycles. The summed E-state index contributed by atoms with van der Waals surface area (Å²) in [6.45, 7) is 20.3. The molecule has 0 saturated carbocycles. The molecule has 0 unspecified atom stereocenters. The largest absolute Gasteiger partial charge is 0.443 e. The molecule has 0 aliphatic carbocycles. The van der Waals surface area contributed by atoms with Crippen LogP contribution in [-0.4, -0.2) is 43.5 Å². The van der Waals surface area contributed by atoms with Gasteiger partial charge in [0.1, 0.15) is 5.60 Å². The Morgan fingerprint density at radius 2 is 1.83 bits per heavy atom. The van der Waals surface area contributed by atoms with Gasteiger partial charge in [0, 0.05) is 12.3 Å². The maximum atomic E-state index is 12.5. The Morgan fingerprint density at radius 1 is 1.29 bits per heavy atom. The fraction of sp³-hybridized carbons (Fsp3) is 0.778. The lowest BCUT2D eigenvalue weighted by atomic mass is 10.0. The van der Waals surface area contributed by atoms with Crippen LogP contribution in [0.1, 0.15) is 48.0 Å². The number of hydrogen-bond donors (Lipinski definition) is 0. The Kier molecular flexibility index (Phi) is 6.10. The summed E-state index contributed by atoms with van der Waals surface area (Å²) in [6.07, 6.45) is 1.41. The minimum Gasteiger partial charge on any atom is -0.443 e. The molecule has 1 aliphatic heterocycles. The second kappa shape index (κ2) is 7.00. The minimum atomic E-state index is -1.97. The van der Waals surface area contributed by atoms with E-state index in [0.717, 1.165) is 0 Å². The molecule has 0 bridgehead atoms. The van der Waals surface area contributed by atoms with Crippen LogP contribution in [0.2, 0.25) is 18.1 Å². The van der Waals surface area contributed by atoms with Crippen molar-refractivity contribution < 1.29 is 18.8 Å². The first-order valence-corrected chi connectivity index (χ1v) is 11.4. The molecule has 6 heteroatoms. The van der Waals surface area contributed by atoms with E-state index in [1.165, 1.54) is 4.90 Å². The van der Waals surface area contributed by atoms with E-state index in [1.807, 2.05) is 0 Å². The molecule has 1 aliphatic rings. The van der Waals surface area contributed by atoms with Gasteiger partial charge in [-0.25, -0.2) is 9.69 Å². The number of carbonyl (C=O) groups is 2. The quantitative estimate of drug-likeness (QED) is 0.556. The standard InChI is InChI=1S/C18H33NO4Si/c1-10-13-11-15(20)19(16(21)23-17(2,3)4)14(13)12-22-24(8,9)18(5,6)7/h10,13-14H,1,11-12H2,2-9H3/t13-,14+/m0/s1. The van der Waals surface area contributed by atoms with Gasteiger partial charge in [0.2, 0.25) is 5.91 Å². The second-order valence-electron chi connectivity index (χ2n) is 8.99. The average molecular weight is 356 g/mol. The molecule has 2 atom stereocenters. The second-order valence-corrected chi connectivity index (χ2v) is 13.8. The van der Waals surface area contributed by atoms with E-state index in [-0.39, 0.29) is 29.3 Å². The van der Waals surface area contributed by atoms with E-state index in [2.05, 4.69) is 40.4 Å². The Bertz CT molecular complexity index is 502. The molecule has 138 valence electrons. The van der Waals surface area contributed by atoms with E-state index in [4.69, 9.17) is 9.16 Å². The van der Waals surface area contributed by atoms with Crippen LogP contribution in [0, 0.1) is 5.92 Å². The summed E-state index contributed by atoms with van der Waals surface area (Å²) in [4.78, 5) is 26.0. The van der Waals surface area contributed by atoms with Gasteiger partial charge in [0.15, 0.2) is 8.32 Å². The summed E-state index contributed by atoms with van der Waals surface area (Å²) >= 11 is 0. The summed E-state index contributed by atoms with van der Waals surface area (Å²) in [6, 6.07) is -0.348. The number of likely N-dealkylation sites (tertiary alicyclic amines) is 1. The van der Waals surface area contributed by atoms with Gasteiger partial charge in [-0.1, -0.05) is 26.8 Å². The fourth-order valence-corrected chi connectivity index (χ4v) is 3.33. The summed E-state index contributed by atoms with van der Waals surface area (Å²) in [7, 11) is -1.97. The van der Waals surface area contributed by atoms with Gasteiger partial charge in [-0.15, -0.1) is 6.58 Å². The van der Waals surface area contributed by atoms with Crippen LogP contribution in [0.25, 0.3) is 0 Å². The lowest BCUT2D eigenvalue weighted by Crippen LogP contribution is -2.49. The topological polar surface area (TPSA) is 55.8 Å². The SMILES string of the molecule is C=C[C@H]1CC(=O)N(C(=O)OC(C)(C)C)[C@@H]1CO[Si](C)(C)C(C)(C)C. The first-order chi connectivity index (χ1) is 10.7. The normalized spacial score (nSPS) is 22.7. The van der Waals surface area contributed by atoms with Crippen LogP contribution < -0.4 is 0 Å². The summed E-state index contributed by atoms with van der Waals surface area (Å²) in [5.41, 5.74) is -0.644. The van der Waals surface area contributed by atoms with E-state index in [1.54, 1.807) is 26.8 Å². The molecule has 0 radical (unpaired) electrons. The molecular weight excluding hydrogens is 322 g/mol. The highest BCUT2D eigenvalue weighted by atomic mass is 28.4. The number of hydrogen-bond acceptors (Lipinski definition) is 4. The van der Waals surface area contributed by atoms with Crippen LogP contribution in [0.4, 0.5) is 4.79 Å². The van der Waals surface area contributed by atoms with Gasteiger partial charge in [0.05, 0.1) is 12.6 Å². The molecule has 0 N–H and O–H groups in total. The lowest BCUT2D eigenvalue weighted by molar-refractivity contribution is -0.128. The van der Waals surface area contributed by atoms with Gasteiger partial charge < -0.3 is 9.16 Å². The van der Waals surface area contributed by atoms with E-state index < -0.39 is 20.0 Å². The summed E-state index contributed by atoms with van der Waals surface area (Å²) < 4.78 is 11.7. The molecule has 24 heavy (non-hydrogen) atoms. The van der Waals surface area contributed by atoms with Crippen molar-refractivity contribution in [2.45, 2.75) is 77.7 Å². The minimum absolute atomic E-state index is 0.0655. The van der Waals surface area contributed by atoms with Crippen molar-refractivity contribution in [3.8, 4) is 0 Å². The zero-order valence-electron chi connectivity index (χ0n) is 16.4. The molecule has 1 rings (SSSR count). The van der Waals surface area contributed by atoms with Crippen LogP contribution in [-0.2, 0) is 14.0 Å². The number of carbonyl (C=O) groups excluding carboxylic acids is 2. The smallest absolute Gasteiger partial charge is 0.417 e. The highest BCUT2D eigenvalue weighted by Crippen LogP contribution is 2.38. The maximum absolute atomic E-state index is 12.5. The Hall–Kier alpha value is -1.14. The highest BCUT2D eigenvalue weighted by molar-refractivity contribution is 6.74. The molecule has 0 aromatic rings. The van der Waals surface area contributed by atoms with Crippen molar-refractivity contribution in [1.29, 1.82) is 0 Å². The van der Waals surface area contributed by atoms with Crippen LogP contribution in [0.5, 0.6) is 0 Å². The molecule has 0 spiro atoms. The summed E-state index contributed by atoms with van der Waals surface area (Å²) in [5.74, 6) is -0.326. The fourth-order valence-electron chi connectivity index (χ4n) is 2.31. The number of ether oxygens (including phenoxy) is 1. The Balaban J connectivity index is 2.95. The molecule has 5 nitrogen and oxygen atoms in total. The highest BCUT2D eigenvalue weighted by Gasteiger charge is 2.46. The zero-order chi connectivity index (χ0) is 18.9. The van der Waals surface area contributed by atoms with Gasteiger partial charge in [-0.2, -0.15) is 0 Å². The molecule has 1 heterocycles.